The summed E-state index contributed by atoms with van der Waals surface area (Å²) in [5.74, 6) is 0.417. The van der Waals surface area contributed by atoms with E-state index in [9.17, 15) is 0 Å². The van der Waals surface area contributed by atoms with Crippen molar-refractivity contribution in [3.05, 3.63) is 29.8 Å². The Morgan fingerprint density at radius 1 is 1.06 bits per heavy atom. The first kappa shape index (κ1) is 24.5. The second-order valence-electron chi connectivity index (χ2n) is 9.47. The molecular weight excluding hydrogens is 394 g/mol. The fourth-order valence-electron chi connectivity index (χ4n) is 4.99. The Hall–Kier alpha value is -1.18. The van der Waals surface area contributed by atoms with Gasteiger partial charge in [-0.3, -0.25) is 4.84 Å². The van der Waals surface area contributed by atoms with Crippen molar-refractivity contribution in [2.24, 2.45) is 5.92 Å². The third-order valence-electron chi connectivity index (χ3n) is 7.72. The van der Waals surface area contributed by atoms with Gasteiger partial charge in [-0.15, -0.1) is 0 Å². The molecule has 4 atom stereocenters. The number of hydrogen-bond acceptors (Lipinski definition) is 6. The standard InChI is InChI=1S/C25H41NO5/c1-8-23(4)18-25(27-6,28-7)19(3)24(5,9-2)26(23)31-15-14-20-10-12-21(13-11-20)29-16-22-17-30-22/h10-13,19,22H,8-9,14-18H2,1-7H3. The van der Waals surface area contributed by atoms with E-state index in [1.807, 2.05) is 12.1 Å². The van der Waals surface area contributed by atoms with E-state index in [1.54, 1.807) is 14.2 Å². The van der Waals surface area contributed by atoms with Crippen molar-refractivity contribution in [1.29, 1.82) is 0 Å². The van der Waals surface area contributed by atoms with Crippen LogP contribution in [-0.4, -0.2) is 62.1 Å². The largest absolute Gasteiger partial charge is 0.491 e. The van der Waals surface area contributed by atoms with Gasteiger partial charge in [0.2, 0.25) is 0 Å². The van der Waals surface area contributed by atoms with Gasteiger partial charge in [0, 0.05) is 32.1 Å². The molecule has 1 aromatic carbocycles. The summed E-state index contributed by atoms with van der Waals surface area (Å²) in [5.41, 5.74) is 0.836. The molecule has 4 unspecified atom stereocenters. The molecule has 0 bridgehead atoms. The summed E-state index contributed by atoms with van der Waals surface area (Å²) in [6.45, 7) is 13.2. The Kier molecular flexibility index (Phi) is 7.70. The number of piperidine rings is 1. The van der Waals surface area contributed by atoms with Crippen molar-refractivity contribution < 1.29 is 23.8 Å². The van der Waals surface area contributed by atoms with Crippen LogP contribution in [0.3, 0.4) is 0 Å². The van der Waals surface area contributed by atoms with Crippen LogP contribution in [-0.2, 0) is 25.5 Å². The first-order valence-electron chi connectivity index (χ1n) is 11.6. The molecule has 0 radical (unpaired) electrons. The molecule has 0 saturated carbocycles. The van der Waals surface area contributed by atoms with E-state index in [4.69, 9.17) is 23.8 Å². The summed E-state index contributed by atoms with van der Waals surface area (Å²) >= 11 is 0. The van der Waals surface area contributed by atoms with Gasteiger partial charge in [0.05, 0.1) is 18.8 Å². The molecule has 2 heterocycles. The number of benzene rings is 1. The molecular formula is C25H41NO5. The van der Waals surface area contributed by atoms with Gasteiger partial charge in [0.25, 0.3) is 0 Å². The minimum absolute atomic E-state index is 0.145. The highest BCUT2D eigenvalue weighted by atomic mass is 16.7. The SMILES string of the molecule is CCC1(C)CC(OC)(OC)C(C)C(C)(CC)N1OCCc1ccc(OCC2CO2)cc1. The van der Waals surface area contributed by atoms with Gasteiger partial charge in [0.15, 0.2) is 5.79 Å². The zero-order valence-electron chi connectivity index (χ0n) is 20.4. The van der Waals surface area contributed by atoms with E-state index in [0.717, 1.165) is 38.0 Å². The molecule has 0 N–H and O–H groups in total. The Labute approximate surface area is 188 Å². The number of methoxy groups -OCH3 is 2. The van der Waals surface area contributed by atoms with Crippen molar-refractivity contribution in [2.45, 2.75) is 83.3 Å². The average molecular weight is 436 g/mol. The summed E-state index contributed by atoms with van der Waals surface area (Å²) in [5, 5.41) is 2.26. The minimum atomic E-state index is -0.614. The Balaban J connectivity index is 1.66. The van der Waals surface area contributed by atoms with Gasteiger partial charge in [0.1, 0.15) is 18.5 Å². The summed E-state index contributed by atoms with van der Waals surface area (Å²) in [6.07, 6.45) is 3.76. The second kappa shape index (κ2) is 9.75. The smallest absolute Gasteiger partial charge is 0.173 e. The number of ether oxygens (including phenoxy) is 4. The van der Waals surface area contributed by atoms with Gasteiger partial charge >= 0.3 is 0 Å². The van der Waals surface area contributed by atoms with Gasteiger partial charge in [-0.1, -0.05) is 32.9 Å². The summed E-state index contributed by atoms with van der Waals surface area (Å²) in [6, 6.07) is 8.28. The zero-order valence-corrected chi connectivity index (χ0v) is 20.4. The Morgan fingerprint density at radius 2 is 1.71 bits per heavy atom. The van der Waals surface area contributed by atoms with E-state index in [0.29, 0.717) is 13.2 Å². The van der Waals surface area contributed by atoms with Crippen LogP contribution in [0.1, 0.15) is 59.4 Å². The van der Waals surface area contributed by atoms with Crippen LogP contribution in [0.25, 0.3) is 0 Å². The lowest BCUT2D eigenvalue weighted by Gasteiger charge is -2.62. The van der Waals surface area contributed by atoms with Crippen LogP contribution >= 0.6 is 0 Å². The second-order valence-corrected chi connectivity index (χ2v) is 9.47. The molecule has 3 rings (SSSR count). The lowest BCUT2D eigenvalue weighted by atomic mass is 9.67. The molecule has 2 aliphatic rings. The maximum absolute atomic E-state index is 6.54. The molecule has 1 aromatic rings. The fraction of sp³-hybridized carbons (Fsp3) is 0.760. The van der Waals surface area contributed by atoms with Crippen molar-refractivity contribution >= 4 is 0 Å². The Bertz CT molecular complexity index is 702. The highest BCUT2D eigenvalue weighted by Crippen LogP contribution is 2.51. The molecule has 2 fully saturated rings. The monoisotopic (exact) mass is 435 g/mol. The van der Waals surface area contributed by atoms with Crippen LogP contribution in [0.2, 0.25) is 0 Å². The predicted octanol–water partition coefficient (Wildman–Crippen LogP) is 4.61. The number of nitrogens with zero attached hydrogens (tertiary/aromatic N) is 1. The predicted molar refractivity (Wildman–Crippen MR) is 121 cm³/mol. The van der Waals surface area contributed by atoms with E-state index >= 15 is 0 Å². The molecule has 0 aromatic heterocycles. The van der Waals surface area contributed by atoms with Crippen molar-refractivity contribution in [2.75, 3.05) is 34.0 Å². The number of epoxide rings is 1. The van der Waals surface area contributed by atoms with Gasteiger partial charge < -0.3 is 18.9 Å². The third kappa shape index (κ3) is 4.93. The van der Waals surface area contributed by atoms with E-state index in [-0.39, 0.29) is 23.1 Å². The first-order valence-corrected chi connectivity index (χ1v) is 11.6. The van der Waals surface area contributed by atoms with E-state index < -0.39 is 5.79 Å². The number of hydrogen-bond donors (Lipinski definition) is 0. The lowest BCUT2D eigenvalue weighted by Crippen LogP contribution is -2.72. The van der Waals surface area contributed by atoms with Crippen LogP contribution in [0.4, 0.5) is 0 Å². The first-order chi connectivity index (χ1) is 14.8. The van der Waals surface area contributed by atoms with Crippen molar-refractivity contribution in [3.63, 3.8) is 0 Å². The molecule has 6 heteroatoms. The van der Waals surface area contributed by atoms with E-state index in [2.05, 4.69) is 51.8 Å². The average Bonchev–Trinajstić information content (AvgIpc) is 3.62. The lowest BCUT2D eigenvalue weighted by molar-refractivity contribution is -0.378. The van der Waals surface area contributed by atoms with Crippen LogP contribution in [0, 0.1) is 5.92 Å². The fourth-order valence-corrected chi connectivity index (χ4v) is 4.99. The molecule has 2 saturated heterocycles. The highest BCUT2D eigenvalue weighted by Gasteiger charge is 2.61. The minimum Gasteiger partial charge on any atom is -0.491 e. The molecule has 2 aliphatic heterocycles. The van der Waals surface area contributed by atoms with Crippen LogP contribution in [0.15, 0.2) is 24.3 Å². The van der Waals surface area contributed by atoms with Crippen LogP contribution in [0.5, 0.6) is 5.75 Å². The summed E-state index contributed by atoms with van der Waals surface area (Å²) in [7, 11) is 3.52. The third-order valence-corrected chi connectivity index (χ3v) is 7.72. The van der Waals surface area contributed by atoms with Crippen molar-refractivity contribution in [1.82, 2.24) is 5.06 Å². The quantitative estimate of drug-likeness (QED) is 0.374. The maximum Gasteiger partial charge on any atom is 0.173 e. The number of hydroxylamine groups is 2. The van der Waals surface area contributed by atoms with Gasteiger partial charge in [-0.2, -0.15) is 5.06 Å². The molecule has 0 amide bonds. The Morgan fingerprint density at radius 3 is 2.23 bits per heavy atom. The summed E-state index contributed by atoms with van der Waals surface area (Å²) in [4.78, 5) is 6.54. The summed E-state index contributed by atoms with van der Waals surface area (Å²) < 4.78 is 22.9. The van der Waals surface area contributed by atoms with E-state index in [1.165, 1.54) is 5.56 Å². The number of rotatable bonds is 11. The van der Waals surface area contributed by atoms with Crippen molar-refractivity contribution in [3.8, 4) is 5.75 Å². The zero-order chi connectivity index (χ0) is 22.7. The molecule has 176 valence electrons. The highest BCUT2D eigenvalue weighted by molar-refractivity contribution is 5.27. The topological polar surface area (TPSA) is 52.7 Å². The van der Waals surface area contributed by atoms with Gasteiger partial charge in [-0.05, 0) is 50.8 Å². The maximum atomic E-state index is 6.54. The van der Waals surface area contributed by atoms with Crippen LogP contribution < -0.4 is 4.74 Å². The molecule has 31 heavy (non-hydrogen) atoms. The molecule has 0 spiro atoms. The molecule has 6 nitrogen and oxygen atoms in total. The van der Waals surface area contributed by atoms with Gasteiger partial charge in [-0.25, -0.2) is 0 Å². The molecule has 0 aliphatic carbocycles. The normalized spacial score (nSPS) is 32.7.